The molecule has 1 fully saturated rings. The van der Waals surface area contributed by atoms with Gasteiger partial charge in [-0.05, 0) is 49.2 Å². The smallest absolute Gasteiger partial charge is 0.387 e. The topological polar surface area (TPSA) is 67.6 Å². The van der Waals surface area contributed by atoms with Crippen molar-refractivity contribution in [3.05, 3.63) is 24.3 Å². The van der Waals surface area contributed by atoms with E-state index in [1.807, 2.05) is 0 Å². The van der Waals surface area contributed by atoms with Crippen LogP contribution in [-0.4, -0.2) is 43.6 Å². The molecule has 0 spiro atoms. The van der Waals surface area contributed by atoms with Gasteiger partial charge in [-0.25, -0.2) is 0 Å². The summed E-state index contributed by atoms with van der Waals surface area (Å²) in [5.41, 5.74) is 6.37. The van der Waals surface area contributed by atoms with Gasteiger partial charge in [0, 0.05) is 12.2 Å². The van der Waals surface area contributed by atoms with Crippen LogP contribution < -0.4 is 15.8 Å². The van der Waals surface area contributed by atoms with Crippen LogP contribution in [0.4, 0.5) is 14.5 Å². The van der Waals surface area contributed by atoms with Crippen LogP contribution in [0.15, 0.2) is 24.3 Å². The summed E-state index contributed by atoms with van der Waals surface area (Å²) < 4.78 is 28.3. The molecule has 1 atom stereocenters. The molecule has 3 N–H and O–H groups in total. The molecule has 1 aromatic rings. The Morgan fingerprint density at radius 3 is 2.61 bits per heavy atom. The third-order valence-corrected chi connectivity index (χ3v) is 3.86. The molecular formula is C15H22ClF2N3O2. The average molecular weight is 350 g/mol. The van der Waals surface area contributed by atoms with E-state index < -0.39 is 6.61 Å². The minimum atomic E-state index is -2.85. The summed E-state index contributed by atoms with van der Waals surface area (Å²) in [5, 5.41) is 2.74. The first kappa shape index (κ1) is 19.6. The first-order valence-electron chi connectivity index (χ1n) is 7.17. The number of alkyl halides is 2. The molecule has 2 rings (SSSR count). The van der Waals surface area contributed by atoms with Gasteiger partial charge in [0.15, 0.2) is 0 Å². The van der Waals surface area contributed by atoms with Gasteiger partial charge >= 0.3 is 6.61 Å². The van der Waals surface area contributed by atoms with Crippen LogP contribution in [0.5, 0.6) is 5.75 Å². The predicted octanol–water partition coefficient (Wildman–Crippen LogP) is 2.32. The minimum absolute atomic E-state index is 0. The molecule has 1 unspecified atom stereocenters. The van der Waals surface area contributed by atoms with E-state index >= 15 is 0 Å². The van der Waals surface area contributed by atoms with Crippen molar-refractivity contribution in [2.24, 2.45) is 11.1 Å². The lowest BCUT2D eigenvalue weighted by Gasteiger charge is -2.22. The maximum Gasteiger partial charge on any atom is 0.387 e. The van der Waals surface area contributed by atoms with E-state index in [0.717, 1.165) is 19.5 Å². The lowest BCUT2D eigenvalue weighted by atomic mass is 9.90. The summed E-state index contributed by atoms with van der Waals surface area (Å²) >= 11 is 0. The number of rotatable bonds is 6. The molecule has 130 valence electrons. The Hall–Kier alpha value is -1.44. The zero-order valence-electron chi connectivity index (χ0n) is 12.9. The fraction of sp³-hybridized carbons (Fsp3) is 0.533. The van der Waals surface area contributed by atoms with Crippen LogP contribution in [-0.2, 0) is 4.79 Å². The van der Waals surface area contributed by atoms with Crippen molar-refractivity contribution in [3.63, 3.8) is 0 Å². The second kappa shape index (κ2) is 8.42. The molecule has 1 aliphatic heterocycles. The zero-order valence-corrected chi connectivity index (χ0v) is 13.7. The summed E-state index contributed by atoms with van der Waals surface area (Å²) in [6, 6.07) is 5.85. The van der Waals surface area contributed by atoms with Crippen LogP contribution in [0, 0.1) is 5.41 Å². The number of likely N-dealkylation sites (tertiary alicyclic amines) is 1. The van der Waals surface area contributed by atoms with Gasteiger partial charge in [-0.3, -0.25) is 9.69 Å². The van der Waals surface area contributed by atoms with Crippen molar-refractivity contribution >= 4 is 24.0 Å². The Balaban J connectivity index is 0.00000264. The van der Waals surface area contributed by atoms with Gasteiger partial charge in [0.05, 0.1) is 6.54 Å². The maximum absolute atomic E-state index is 12.0. The fourth-order valence-corrected chi connectivity index (χ4v) is 2.55. The van der Waals surface area contributed by atoms with Crippen LogP contribution in [0.3, 0.4) is 0 Å². The van der Waals surface area contributed by atoms with Gasteiger partial charge in [-0.1, -0.05) is 6.92 Å². The average Bonchev–Trinajstić information content (AvgIpc) is 2.82. The van der Waals surface area contributed by atoms with Crippen LogP contribution in [0.2, 0.25) is 0 Å². The summed E-state index contributed by atoms with van der Waals surface area (Å²) in [5.74, 6) is -0.0740. The Bertz CT molecular complexity index is 516. The molecular weight excluding hydrogens is 328 g/mol. The minimum Gasteiger partial charge on any atom is -0.435 e. The largest absolute Gasteiger partial charge is 0.435 e. The van der Waals surface area contributed by atoms with E-state index in [-0.39, 0.29) is 29.5 Å². The summed E-state index contributed by atoms with van der Waals surface area (Å²) in [6.45, 7) is 1.82. The first-order chi connectivity index (χ1) is 10.4. The molecule has 1 heterocycles. The highest BCUT2D eigenvalue weighted by atomic mass is 35.5. The van der Waals surface area contributed by atoms with Crippen LogP contribution >= 0.6 is 12.4 Å². The van der Waals surface area contributed by atoms with Crippen molar-refractivity contribution in [2.45, 2.75) is 20.0 Å². The van der Waals surface area contributed by atoms with Crippen LogP contribution in [0.25, 0.3) is 0 Å². The second-order valence-electron chi connectivity index (χ2n) is 5.93. The van der Waals surface area contributed by atoms with E-state index in [9.17, 15) is 13.6 Å². The molecule has 0 radical (unpaired) electrons. The van der Waals surface area contributed by atoms with Gasteiger partial charge in [0.25, 0.3) is 0 Å². The van der Waals surface area contributed by atoms with E-state index in [4.69, 9.17) is 5.73 Å². The number of carbonyl (C=O) groups is 1. The van der Waals surface area contributed by atoms with Crippen molar-refractivity contribution in [3.8, 4) is 5.75 Å². The normalized spacial score (nSPS) is 21.1. The monoisotopic (exact) mass is 349 g/mol. The maximum atomic E-state index is 12.0. The molecule has 1 saturated heterocycles. The molecule has 1 amide bonds. The van der Waals surface area contributed by atoms with Crippen molar-refractivity contribution in [1.29, 1.82) is 0 Å². The van der Waals surface area contributed by atoms with Gasteiger partial charge < -0.3 is 15.8 Å². The van der Waals surface area contributed by atoms with Crippen molar-refractivity contribution < 1.29 is 18.3 Å². The molecule has 1 aromatic carbocycles. The molecule has 23 heavy (non-hydrogen) atoms. The van der Waals surface area contributed by atoms with E-state index in [1.165, 1.54) is 24.3 Å². The van der Waals surface area contributed by atoms with Gasteiger partial charge in [-0.15, -0.1) is 12.4 Å². The van der Waals surface area contributed by atoms with Crippen LogP contribution in [0.1, 0.15) is 13.3 Å². The Morgan fingerprint density at radius 1 is 1.43 bits per heavy atom. The second-order valence-corrected chi connectivity index (χ2v) is 5.93. The van der Waals surface area contributed by atoms with Crippen molar-refractivity contribution in [2.75, 3.05) is 31.5 Å². The third kappa shape index (κ3) is 5.93. The quantitative estimate of drug-likeness (QED) is 0.827. The van der Waals surface area contributed by atoms with E-state index in [2.05, 4.69) is 21.9 Å². The van der Waals surface area contributed by atoms with Crippen molar-refractivity contribution in [1.82, 2.24) is 4.90 Å². The number of halogens is 3. The SMILES string of the molecule is CC1(CN)CCN(CC(=O)Nc2ccc(OC(F)F)cc2)C1.Cl. The Morgan fingerprint density at radius 2 is 2.09 bits per heavy atom. The highest BCUT2D eigenvalue weighted by Gasteiger charge is 2.33. The third-order valence-electron chi connectivity index (χ3n) is 3.86. The molecule has 0 aromatic heterocycles. The Labute approximate surface area is 140 Å². The lowest BCUT2D eigenvalue weighted by molar-refractivity contribution is -0.117. The number of ether oxygens (including phenoxy) is 1. The summed E-state index contributed by atoms with van der Waals surface area (Å²) in [4.78, 5) is 14.1. The first-order valence-corrected chi connectivity index (χ1v) is 7.17. The predicted molar refractivity (Wildman–Crippen MR) is 87.2 cm³/mol. The number of benzene rings is 1. The van der Waals surface area contributed by atoms with Gasteiger partial charge in [0.2, 0.25) is 5.91 Å². The number of nitrogens with zero attached hydrogens (tertiary/aromatic N) is 1. The van der Waals surface area contributed by atoms with E-state index in [0.29, 0.717) is 18.8 Å². The number of nitrogens with one attached hydrogen (secondary N) is 1. The number of hydrogen-bond donors (Lipinski definition) is 2. The molecule has 8 heteroatoms. The molecule has 5 nitrogen and oxygen atoms in total. The number of hydrogen-bond acceptors (Lipinski definition) is 4. The fourth-order valence-electron chi connectivity index (χ4n) is 2.55. The number of nitrogens with two attached hydrogens (primary N) is 1. The molecule has 1 aliphatic rings. The highest BCUT2D eigenvalue weighted by Crippen LogP contribution is 2.28. The highest BCUT2D eigenvalue weighted by molar-refractivity contribution is 5.92. The summed E-state index contributed by atoms with van der Waals surface area (Å²) in [6.07, 6.45) is 0.983. The van der Waals surface area contributed by atoms with Gasteiger partial charge in [-0.2, -0.15) is 8.78 Å². The lowest BCUT2D eigenvalue weighted by Crippen LogP contribution is -2.35. The molecule has 0 bridgehead atoms. The molecule has 0 saturated carbocycles. The summed E-state index contributed by atoms with van der Waals surface area (Å²) in [7, 11) is 0. The standard InChI is InChI=1S/C15H21F2N3O2.ClH/c1-15(9-18)6-7-20(10-15)8-13(21)19-11-2-4-12(5-3-11)22-14(16)17;/h2-5,14H,6-10,18H2,1H3,(H,19,21);1H. The Kier molecular flexibility index (Phi) is 7.18. The zero-order chi connectivity index (χ0) is 16.2. The number of amides is 1. The van der Waals surface area contributed by atoms with E-state index in [1.54, 1.807) is 0 Å². The molecule has 0 aliphatic carbocycles. The number of anilines is 1. The number of carbonyl (C=O) groups excluding carboxylic acids is 1. The van der Waals surface area contributed by atoms with Gasteiger partial charge in [0.1, 0.15) is 5.75 Å².